The molecule has 0 bridgehead atoms. The Morgan fingerprint density at radius 1 is 1.38 bits per heavy atom. The molecule has 1 saturated heterocycles. The van der Waals surface area contributed by atoms with E-state index in [9.17, 15) is 8.42 Å². The summed E-state index contributed by atoms with van der Waals surface area (Å²) >= 11 is 4.65. The zero-order valence-corrected chi connectivity index (χ0v) is 15.9. The Kier molecular flexibility index (Phi) is 5.87. The molecule has 1 aliphatic heterocycles. The van der Waals surface area contributed by atoms with E-state index in [-0.39, 0.29) is 6.04 Å². The van der Waals surface area contributed by atoms with Crippen LogP contribution in [0.2, 0.25) is 0 Å². The lowest BCUT2D eigenvalue weighted by atomic mass is 10.0. The first-order valence-electron chi connectivity index (χ1n) is 7.31. The van der Waals surface area contributed by atoms with Crippen LogP contribution in [0.25, 0.3) is 0 Å². The number of nitrogens with zero attached hydrogens (tertiary/aromatic N) is 1. The highest BCUT2D eigenvalue weighted by molar-refractivity contribution is 9.11. The topological polar surface area (TPSA) is 49.4 Å². The largest absolute Gasteiger partial charge is 0.299 e. The standard InChI is InChI=1S/C14H23BrN2O2S2/c1-10(2)12(17-6-4-5-7-17)9-16-21(18,19)13-8-11(3)14(15)20-13/h8,10,12,16H,4-7,9H2,1-3H3. The van der Waals surface area contributed by atoms with Crippen LogP contribution in [-0.4, -0.2) is 39.0 Å². The molecule has 4 nitrogen and oxygen atoms in total. The third-order valence-electron chi connectivity index (χ3n) is 3.96. The van der Waals surface area contributed by atoms with Crippen molar-refractivity contribution in [3.8, 4) is 0 Å². The second-order valence-electron chi connectivity index (χ2n) is 5.93. The Hall–Kier alpha value is 0.0500. The lowest BCUT2D eigenvalue weighted by Crippen LogP contribution is -2.45. The number of rotatable bonds is 6. The van der Waals surface area contributed by atoms with Crippen molar-refractivity contribution in [2.24, 2.45) is 5.92 Å². The maximum Gasteiger partial charge on any atom is 0.250 e. The van der Waals surface area contributed by atoms with E-state index in [0.29, 0.717) is 16.7 Å². The van der Waals surface area contributed by atoms with Crippen LogP contribution < -0.4 is 4.72 Å². The molecule has 7 heteroatoms. The van der Waals surface area contributed by atoms with Gasteiger partial charge < -0.3 is 0 Å². The fourth-order valence-electron chi connectivity index (χ4n) is 2.69. The maximum absolute atomic E-state index is 12.4. The van der Waals surface area contributed by atoms with Gasteiger partial charge in [0.05, 0.1) is 3.79 Å². The molecule has 0 radical (unpaired) electrons. The normalized spacial score (nSPS) is 18.5. The van der Waals surface area contributed by atoms with Gasteiger partial charge in [-0.3, -0.25) is 4.90 Å². The number of hydrogen-bond donors (Lipinski definition) is 1. The number of nitrogens with one attached hydrogen (secondary N) is 1. The molecule has 2 heterocycles. The molecule has 0 amide bonds. The Balaban J connectivity index is 2.05. The van der Waals surface area contributed by atoms with Crippen molar-refractivity contribution in [2.75, 3.05) is 19.6 Å². The molecule has 0 aliphatic carbocycles. The molecule has 1 fully saturated rings. The van der Waals surface area contributed by atoms with Crippen LogP contribution in [0.15, 0.2) is 14.1 Å². The maximum atomic E-state index is 12.4. The summed E-state index contributed by atoms with van der Waals surface area (Å²) in [4.78, 5) is 2.41. The number of hydrogen-bond acceptors (Lipinski definition) is 4. The molecule has 1 atom stereocenters. The van der Waals surface area contributed by atoms with Crippen molar-refractivity contribution >= 4 is 37.3 Å². The summed E-state index contributed by atoms with van der Waals surface area (Å²) in [5.41, 5.74) is 0.959. The molecule has 0 spiro atoms. The van der Waals surface area contributed by atoms with Gasteiger partial charge in [0.25, 0.3) is 0 Å². The van der Waals surface area contributed by atoms with Crippen molar-refractivity contribution in [1.29, 1.82) is 0 Å². The van der Waals surface area contributed by atoms with Crippen LogP contribution in [0.4, 0.5) is 0 Å². The summed E-state index contributed by atoms with van der Waals surface area (Å²) in [5, 5.41) is 0. The average molecular weight is 395 g/mol. The molecule has 120 valence electrons. The van der Waals surface area contributed by atoms with Crippen molar-refractivity contribution in [3.63, 3.8) is 0 Å². The van der Waals surface area contributed by atoms with Gasteiger partial charge in [0.15, 0.2) is 0 Å². The average Bonchev–Trinajstić information content (AvgIpc) is 3.01. The second kappa shape index (κ2) is 7.08. The molecule has 1 aromatic rings. The van der Waals surface area contributed by atoms with Gasteiger partial charge in [0, 0.05) is 12.6 Å². The zero-order valence-electron chi connectivity index (χ0n) is 12.7. The minimum atomic E-state index is -3.41. The third kappa shape index (κ3) is 4.28. The monoisotopic (exact) mass is 394 g/mol. The van der Waals surface area contributed by atoms with Crippen LogP contribution in [-0.2, 0) is 10.0 Å². The van der Waals surface area contributed by atoms with Gasteiger partial charge in [-0.15, -0.1) is 11.3 Å². The number of sulfonamides is 1. The van der Waals surface area contributed by atoms with Gasteiger partial charge in [-0.05, 0) is 66.3 Å². The molecule has 1 unspecified atom stereocenters. The van der Waals surface area contributed by atoms with E-state index >= 15 is 0 Å². The van der Waals surface area contributed by atoms with Crippen molar-refractivity contribution in [1.82, 2.24) is 9.62 Å². The number of thiophene rings is 1. The van der Waals surface area contributed by atoms with E-state index in [2.05, 4.69) is 39.4 Å². The predicted octanol–water partition coefficient (Wildman–Crippen LogP) is 3.22. The Morgan fingerprint density at radius 3 is 2.48 bits per heavy atom. The first kappa shape index (κ1) is 17.4. The fraction of sp³-hybridized carbons (Fsp3) is 0.714. The molecular weight excluding hydrogens is 372 g/mol. The summed E-state index contributed by atoms with van der Waals surface area (Å²) in [6, 6.07) is 1.99. The number of halogens is 1. The van der Waals surface area contributed by atoms with Crippen molar-refractivity contribution in [3.05, 3.63) is 15.4 Å². The van der Waals surface area contributed by atoms with Crippen LogP contribution in [0.1, 0.15) is 32.3 Å². The summed E-state index contributed by atoms with van der Waals surface area (Å²) in [7, 11) is -3.41. The van der Waals surface area contributed by atoms with E-state index in [1.165, 1.54) is 24.2 Å². The summed E-state index contributed by atoms with van der Waals surface area (Å²) in [5.74, 6) is 0.433. The highest BCUT2D eigenvalue weighted by Crippen LogP contribution is 2.30. The summed E-state index contributed by atoms with van der Waals surface area (Å²) in [6.07, 6.45) is 2.43. The Bertz CT molecular complexity index is 558. The fourth-order valence-corrected chi connectivity index (χ4v) is 6.01. The lowest BCUT2D eigenvalue weighted by molar-refractivity contribution is 0.193. The highest BCUT2D eigenvalue weighted by atomic mass is 79.9. The highest BCUT2D eigenvalue weighted by Gasteiger charge is 2.27. The predicted molar refractivity (Wildman–Crippen MR) is 91.4 cm³/mol. The van der Waals surface area contributed by atoms with Crippen LogP contribution in [0.3, 0.4) is 0 Å². The van der Waals surface area contributed by atoms with E-state index in [1.807, 2.05) is 6.92 Å². The lowest BCUT2D eigenvalue weighted by Gasteiger charge is -2.30. The molecule has 1 aliphatic rings. The van der Waals surface area contributed by atoms with E-state index in [1.54, 1.807) is 6.07 Å². The molecule has 21 heavy (non-hydrogen) atoms. The quantitative estimate of drug-likeness (QED) is 0.805. The smallest absolute Gasteiger partial charge is 0.250 e. The third-order valence-corrected chi connectivity index (χ3v) is 7.99. The zero-order chi connectivity index (χ0) is 15.6. The van der Waals surface area contributed by atoms with Crippen LogP contribution >= 0.6 is 27.3 Å². The second-order valence-corrected chi connectivity index (χ2v) is 10.3. The molecular formula is C14H23BrN2O2S2. The van der Waals surface area contributed by atoms with Gasteiger partial charge in [0.2, 0.25) is 10.0 Å². The number of aryl methyl sites for hydroxylation is 1. The van der Waals surface area contributed by atoms with E-state index in [0.717, 1.165) is 22.4 Å². The van der Waals surface area contributed by atoms with Gasteiger partial charge in [-0.25, -0.2) is 13.1 Å². The van der Waals surface area contributed by atoms with E-state index < -0.39 is 10.0 Å². The van der Waals surface area contributed by atoms with Crippen molar-refractivity contribution in [2.45, 2.75) is 43.9 Å². The van der Waals surface area contributed by atoms with Gasteiger partial charge >= 0.3 is 0 Å². The number of likely N-dealkylation sites (tertiary alicyclic amines) is 1. The van der Waals surface area contributed by atoms with Crippen LogP contribution in [0, 0.1) is 12.8 Å². The van der Waals surface area contributed by atoms with Gasteiger partial charge in [0.1, 0.15) is 4.21 Å². The first-order chi connectivity index (χ1) is 9.81. The Morgan fingerprint density at radius 2 is 2.00 bits per heavy atom. The van der Waals surface area contributed by atoms with Gasteiger partial charge in [-0.2, -0.15) is 0 Å². The SMILES string of the molecule is Cc1cc(S(=O)(=O)NCC(C(C)C)N2CCCC2)sc1Br. The molecule has 2 rings (SSSR count). The molecule has 0 aromatic carbocycles. The Labute approximate surface area is 140 Å². The summed E-state index contributed by atoms with van der Waals surface area (Å²) < 4.78 is 28.9. The van der Waals surface area contributed by atoms with Crippen molar-refractivity contribution < 1.29 is 8.42 Å². The minimum Gasteiger partial charge on any atom is -0.299 e. The first-order valence-corrected chi connectivity index (χ1v) is 10.4. The molecule has 1 N–H and O–H groups in total. The van der Waals surface area contributed by atoms with Crippen LogP contribution in [0.5, 0.6) is 0 Å². The molecule has 1 aromatic heterocycles. The van der Waals surface area contributed by atoms with Gasteiger partial charge in [-0.1, -0.05) is 13.8 Å². The minimum absolute atomic E-state index is 0.270. The van der Waals surface area contributed by atoms with E-state index in [4.69, 9.17) is 0 Å². The summed E-state index contributed by atoms with van der Waals surface area (Å²) in [6.45, 7) is 8.85. The molecule has 0 saturated carbocycles.